The maximum Gasteiger partial charge on any atom is 0.324 e. The molecule has 0 saturated heterocycles. The van der Waals surface area contributed by atoms with Crippen LogP contribution in [0.1, 0.15) is 0 Å². The summed E-state index contributed by atoms with van der Waals surface area (Å²) >= 11 is 0. The molecule has 0 aromatic carbocycles. The fourth-order valence-electron chi connectivity index (χ4n) is 0. The minimum absolute atomic E-state index is 0. The van der Waals surface area contributed by atoms with Crippen molar-refractivity contribution >= 4 is 68.4 Å². The molecule has 0 rings (SSSR count). The van der Waals surface area contributed by atoms with Crippen LogP contribution in [0.25, 0.3) is 0 Å². The Bertz CT molecular complexity index is 31.3. The van der Waals surface area contributed by atoms with Crippen LogP contribution < -0.4 is 0 Å². The zero-order valence-corrected chi connectivity index (χ0v) is 11.7. The monoisotopic (exact) mass is 404 g/mol. The molecule has 0 aromatic heterocycles. The normalized spacial score (nSPS) is 6.55. The molecule has 0 bridgehead atoms. The summed E-state index contributed by atoms with van der Waals surface area (Å²) in [5.41, 5.74) is 0. The fraction of sp³-hybridized carbons (Fsp3) is 0. The van der Waals surface area contributed by atoms with Crippen LogP contribution in [0, 0.1) is 0 Å². The molecule has 0 aliphatic carbocycles. The van der Waals surface area contributed by atoms with Gasteiger partial charge in [-0.25, -0.2) is 0 Å². The standard InChI is InChI=1S/2H3O3P.3Se/c2*1-4(2)3;;;/h2*1-3H;;;. The molecule has 6 nitrogen and oxygen atoms in total. The van der Waals surface area contributed by atoms with Crippen LogP contribution in [0.15, 0.2) is 0 Å². The molecule has 11 heavy (non-hydrogen) atoms. The first kappa shape index (κ1) is 29.2. The van der Waals surface area contributed by atoms with Crippen molar-refractivity contribution in [2.75, 3.05) is 0 Å². The molecule has 6 radical (unpaired) electrons. The first-order valence-electron chi connectivity index (χ1n) is 1.20. The summed E-state index contributed by atoms with van der Waals surface area (Å²) in [7, 11) is -5.24. The first-order chi connectivity index (χ1) is 3.46. The molecular formula is H6O6P2Se3. The summed E-state index contributed by atoms with van der Waals surface area (Å²) in [6.45, 7) is 0. The van der Waals surface area contributed by atoms with E-state index in [9.17, 15) is 0 Å². The van der Waals surface area contributed by atoms with Crippen molar-refractivity contribution < 1.29 is 29.4 Å². The van der Waals surface area contributed by atoms with Crippen LogP contribution >= 0.6 is 17.2 Å². The molecule has 0 unspecified atom stereocenters. The molecule has 0 aliphatic rings. The molecule has 0 aromatic rings. The smallest absolute Gasteiger partial charge is 0.324 e. The number of hydrogen-bond acceptors (Lipinski definition) is 6. The van der Waals surface area contributed by atoms with Crippen LogP contribution in [0.2, 0.25) is 0 Å². The van der Waals surface area contributed by atoms with E-state index in [1.165, 1.54) is 0 Å². The van der Waals surface area contributed by atoms with Crippen molar-refractivity contribution in [3.8, 4) is 0 Å². The van der Waals surface area contributed by atoms with Crippen LogP contribution in [-0.2, 0) is 0 Å². The summed E-state index contributed by atoms with van der Waals surface area (Å²) in [4.78, 5) is 43.4. The van der Waals surface area contributed by atoms with Gasteiger partial charge in [0.2, 0.25) is 0 Å². The van der Waals surface area contributed by atoms with Crippen molar-refractivity contribution in [2.45, 2.75) is 0 Å². The minimum Gasteiger partial charge on any atom is -0.328 e. The van der Waals surface area contributed by atoms with Crippen LogP contribution in [0.4, 0.5) is 0 Å². The summed E-state index contributed by atoms with van der Waals surface area (Å²) in [5.74, 6) is 0. The van der Waals surface area contributed by atoms with Gasteiger partial charge in [0, 0.05) is 51.2 Å². The van der Waals surface area contributed by atoms with Gasteiger partial charge in [-0.3, -0.25) is 0 Å². The third-order valence-electron chi connectivity index (χ3n) is 0. The van der Waals surface area contributed by atoms with Crippen molar-refractivity contribution in [1.29, 1.82) is 0 Å². The van der Waals surface area contributed by atoms with Crippen molar-refractivity contribution in [1.82, 2.24) is 0 Å². The average Bonchev–Trinajstić information content (AvgIpc) is 1.25. The average molecular weight is 401 g/mol. The molecule has 0 atom stereocenters. The molecule has 0 amide bonds. The van der Waals surface area contributed by atoms with E-state index in [2.05, 4.69) is 0 Å². The Kier molecular flexibility index (Phi) is 60.4. The van der Waals surface area contributed by atoms with E-state index in [1.54, 1.807) is 0 Å². The Morgan fingerprint density at radius 1 is 0.455 bits per heavy atom. The summed E-state index contributed by atoms with van der Waals surface area (Å²) in [6, 6.07) is 0. The Labute approximate surface area is 97.5 Å². The van der Waals surface area contributed by atoms with E-state index in [4.69, 9.17) is 29.4 Å². The zero-order valence-electron chi connectivity index (χ0n) is 4.80. The van der Waals surface area contributed by atoms with Gasteiger partial charge < -0.3 is 29.4 Å². The second kappa shape index (κ2) is 22.8. The summed E-state index contributed by atoms with van der Waals surface area (Å²) in [6.07, 6.45) is 0. The molecule has 0 aliphatic heterocycles. The largest absolute Gasteiger partial charge is 0.328 e. The van der Waals surface area contributed by atoms with Crippen molar-refractivity contribution in [2.24, 2.45) is 0 Å². The van der Waals surface area contributed by atoms with E-state index >= 15 is 0 Å². The fourth-order valence-corrected chi connectivity index (χ4v) is 0. The molecule has 0 spiro atoms. The van der Waals surface area contributed by atoms with Gasteiger partial charge in [0.05, 0.1) is 0 Å². The Hall–Kier alpha value is 2.18. The van der Waals surface area contributed by atoms with Gasteiger partial charge in [-0.1, -0.05) is 0 Å². The van der Waals surface area contributed by atoms with Gasteiger partial charge in [0.1, 0.15) is 0 Å². The van der Waals surface area contributed by atoms with E-state index in [1.807, 2.05) is 0 Å². The van der Waals surface area contributed by atoms with Crippen LogP contribution in [0.5, 0.6) is 0 Å². The summed E-state index contributed by atoms with van der Waals surface area (Å²) in [5, 5.41) is 0. The zero-order chi connectivity index (χ0) is 7.15. The molecule has 70 valence electrons. The quantitative estimate of drug-likeness (QED) is 0.193. The Morgan fingerprint density at radius 2 is 0.455 bits per heavy atom. The minimum atomic E-state index is -2.62. The topological polar surface area (TPSA) is 121 Å². The summed E-state index contributed by atoms with van der Waals surface area (Å²) < 4.78 is 0. The van der Waals surface area contributed by atoms with E-state index in [0.717, 1.165) is 0 Å². The third kappa shape index (κ3) is 266. The third-order valence-corrected chi connectivity index (χ3v) is 0. The maximum atomic E-state index is 7.23. The van der Waals surface area contributed by atoms with Gasteiger partial charge in [-0.15, -0.1) is 0 Å². The molecular weight excluding hydrogens is 395 g/mol. The van der Waals surface area contributed by atoms with Gasteiger partial charge in [-0.2, -0.15) is 0 Å². The van der Waals surface area contributed by atoms with E-state index in [0.29, 0.717) is 0 Å². The molecule has 11 heteroatoms. The second-order valence-electron chi connectivity index (χ2n) is 0.537. The van der Waals surface area contributed by atoms with Gasteiger partial charge in [-0.05, 0) is 0 Å². The molecule has 0 saturated carbocycles. The number of hydrogen-bond donors (Lipinski definition) is 6. The molecule has 0 fully saturated rings. The predicted molar refractivity (Wildman–Crippen MR) is 44.4 cm³/mol. The van der Waals surface area contributed by atoms with Gasteiger partial charge in [0.25, 0.3) is 0 Å². The molecule has 6 N–H and O–H groups in total. The van der Waals surface area contributed by atoms with Gasteiger partial charge in [0.15, 0.2) is 0 Å². The molecule has 0 heterocycles. The van der Waals surface area contributed by atoms with Gasteiger partial charge >= 0.3 is 17.2 Å². The predicted octanol–water partition coefficient (Wildman–Crippen LogP) is -2.76. The second-order valence-corrected chi connectivity index (χ2v) is 1.61. The Morgan fingerprint density at radius 3 is 0.455 bits per heavy atom. The maximum absolute atomic E-state index is 7.23. The Balaban J connectivity index is -0.0000000171. The van der Waals surface area contributed by atoms with Crippen molar-refractivity contribution in [3.05, 3.63) is 0 Å². The van der Waals surface area contributed by atoms with E-state index < -0.39 is 17.2 Å². The first-order valence-corrected chi connectivity index (χ1v) is 3.60. The van der Waals surface area contributed by atoms with Crippen LogP contribution in [0.3, 0.4) is 0 Å². The van der Waals surface area contributed by atoms with Crippen molar-refractivity contribution in [3.63, 3.8) is 0 Å². The SMILES string of the molecule is OP(O)O.OP(O)O.[Se].[Se].[Se]. The van der Waals surface area contributed by atoms with E-state index in [-0.39, 0.29) is 51.2 Å². The van der Waals surface area contributed by atoms with Crippen LogP contribution in [-0.4, -0.2) is 80.6 Å². The number of rotatable bonds is 0.